The second-order valence-electron chi connectivity index (χ2n) is 2.91. The summed E-state index contributed by atoms with van der Waals surface area (Å²) in [6, 6.07) is 0. The van der Waals surface area contributed by atoms with E-state index in [0.717, 1.165) is 16.7 Å². The van der Waals surface area contributed by atoms with Crippen molar-refractivity contribution in [1.29, 1.82) is 0 Å². The van der Waals surface area contributed by atoms with Gasteiger partial charge in [0.2, 0.25) is 0 Å². The topological polar surface area (TPSA) is 30.7 Å². The first-order chi connectivity index (χ1) is 5.65. The fourth-order valence-electron chi connectivity index (χ4n) is 0.953. The Kier molecular flexibility index (Phi) is 3.53. The number of alkyl halides is 1. The first-order valence-electron chi connectivity index (χ1n) is 3.75. The van der Waals surface area contributed by atoms with Gasteiger partial charge in [0.25, 0.3) is 0 Å². The predicted octanol–water partition coefficient (Wildman–Crippen LogP) is 2.00. The lowest BCUT2D eigenvalue weighted by Gasteiger charge is -2.06. The van der Waals surface area contributed by atoms with E-state index in [1.165, 1.54) is 0 Å². The van der Waals surface area contributed by atoms with E-state index in [1.54, 1.807) is 4.68 Å². The van der Waals surface area contributed by atoms with Gasteiger partial charge < -0.3 is 0 Å². The molecular weight excluding hydrogens is 241 g/mol. The molecule has 1 aromatic heterocycles. The third-order valence-corrected chi connectivity index (χ3v) is 2.84. The summed E-state index contributed by atoms with van der Waals surface area (Å²) in [6.07, 6.45) is 0.910. The van der Waals surface area contributed by atoms with Gasteiger partial charge in [0, 0.05) is 12.9 Å². The molecule has 0 aliphatic carbocycles. The molecule has 68 valence electrons. The molecule has 5 heteroatoms. The summed E-state index contributed by atoms with van der Waals surface area (Å²) < 4.78 is 2.59. The molecule has 12 heavy (non-hydrogen) atoms. The maximum Gasteiger partial charge on any atom is 0.151 e. The standard InChI is InChI=1S/C7H11BrClN3/c1-5(4-9)3-6-7(8)10-11-12(6)2/h5H,3-4H2,1-2H3. The Balaban J connectivity index is 2.73. The van der Waals surface area contributed by atoms with E-state index < -0.39 is 0 Å². The molecule has 0 saturated carbocycles. The number of nitrogens with zero attached hydrogens (tertiary/aromatic N) is 3. The van der Waals surface area contributed by atoms with E-state index in [4.69, 9.17) is 11.6 Å². The fourth-order valence-corrected chi connectivity index (χ4v) is 1.55. The maximum absolute atomic E-state index is 5.71. The number of hydrogen-bond donors (Lipinski definition) is 0. The third-order valence-electron chi connectivity index (χ3n) is 1.70. The molecule has 0 aromatic carbocycles. The average molecular weight is 253 g/mol. The van der Waals surface area contributed by atoms with Crippen molar-refractivity contribution >= 4 is 27.5 Å². The van der Waals surface area contributed by atoms with Crippen molar-refractivity contribution in [1.82, 2.24) is 15.0 Å². The van der Waals surface area contributed by atoms with Gasteiger partial charge in [0.1, 0.15) is 0 Å². The number of hydrogen-bond acceptors (Lipinski definition) is 2. The zero-order valence-electron chi connectivity index (χ0n) is 7.09. The lowest BCUT2D eigenvalue weighted by atomic mass is 10.1. The first-order valence-corrected chi connectivity index (χ1v) is 5.08. The van der Waals surface area contributed by atoms with Crippen LogP contribution in [0.15, 0.2) is 4.60 Å². The second-order valence-corrected chi connectivity index (χ2v) is 3.97. The maximum atomic E-state index is 5.71. The van der Waals surface area contributed by atoms with Gasteiger partial charge >= 0.3 is 0 Å². The Labute approximate surface area is 85.2 Å². The summed E-state index contributed by atoms with van der Waals surface area (Å²) >= 11 is 9.05. The molecule has 1 unspecified atom stereocenters. The molecule has 0 fully saturated rings. The number of rotatable bonds is 3. The van der Waals surface area contributed by atoms with Crippen LogP contribution in [0.25, 0.3) is 0 Å². The van der Waals surface area contributed by atoms with Crippen molar-refractivity contribution in [2.45, 2.75) is 13.3 Å². The van der Waals surface area contributed by atoms with Crippen molar-refractivity contribution in [2.75, 3.05) is 5.88 Å². The Morgan fingerprint density at radius 1 is 1.67 bits per heavy atom. The highest BCUT2D eigenvalue weighted by Crippen LogP contribution is 2.16. The molecule has 3 nitrogen and oxygen atoms in total. The molecule has 0 amide bonds. The Morgan fingerprint density at radius 3 is 2.75 bits per heavy atom. The van der Waals surface area contributed by atoms with Gasteiger partial charge in [0.15, 0.2) is 4.60 Å². The van der Waals surface area contributed by atoms with Gasteiger partial charge in [-0.15, -0.1) is 16.7 Å². The minimum Gasteiger partial charge on any atom is -0.251 e. The third kappa shape index (κ3) is 2.20. The average Bonchev–Trinajstić information content (AvgIpc) is 2.35. The Hall–Kier alpha value is -0.0900. The Morgan fingerprint density at radius 2 is 2.33 bits per heavy atom. The number of aryl methyl sites for hydroxylation is 1. The molecular formula is C7H11BrClN3. The highest BCUT2D eigenvalue weighted by atomic mass is 79.9. The highest BCUT2D eigenvalue weighted by Gasteiger charge is 2.10. The minimum absolute atomic E-state index is 0.458. The van der Waals surface area contributed by atoms with Gasteiger partial charge in [-0.05, 0) is 28.3 Å². The number of aromatic nitrogens is 3. The molecule has 0 bridgehead atoms. The van der Waals surface area contributed by atoms with E-state index >= 15 is 0 Å². The van der Waals surface area contributed by atoms with E-state index in [2.05, 4.69) is 33.2 Å². The van der Waals surface area contributed by atoms with Gasteiger partial charge in [-0.25, -0.2) is 0 Å². The van der Waals surface area contributed by atoms with Crippen LogP contribution < -0.4 is 0 Å². The summed E-state index contributed by atoms with van der Waals surface area (Å²) in [5.74, 6) is 1.12. The zero-order valence-corrected chi connectivity index (χ0v) is 9.43. The van der Waals surface area contributed by atoms with Crippen LogP contribution in [0, 0.1) is 5.92 Å². The SMILES string of the molecule is CC(CCl)Cc1c(Br)nnn1C. The molecule has 1 atom stereocenters. The van der Waals surface area contributed by atoms with Crippen molar-refractivity contribution < 1.29 is 0 Å². The van der Waals surface area contributed by atoms with Crippen molar-refractivity contribution in [3.05, 3.63) is 10.3 Å². The van der Waals surface area contributed by atoms with Crippen molar-refractivity contribution in [3.8, 4) is 0 Å². The van der Waals surface area contributed by atoms with Crippen LogP contribution in [-0.2, 0) is 13.5 Å². The quantitative estimate of drug-likeness (QED) is 0.771. The van der Waals surface area contributed by atoms with Crippen LogP contribution >= 0.6 is 27.5 Å². The lowest BCUT2D eigenvalue weighted by Crippen LogP contribution is -2.06. The van der Waals surface area contributed by atoms with E-state index in [0.29, 0.717) is 11.8 Å². The highest BCUT2D eigenvalue weighted by molar-refractivity contribution is 9.10. The lowest BCUT2D eigenvalue weighted by molar-refractivity contribution is 0.594. The molecule has 0 saturated heterocycles. The zero-order chi connectivity index (χ0) is 9.14. The van der Waals surface area contributed by atoms with Crippen molar-refractivity contribution in [2.24, 2.45) is 13.0 Å². The molecule has 0 N–H and O–H groups in total. The van der Waals surface area contributed by atoms with Crippen LogP contribution in [0.5, 0.6) is 0 Å². The molecule has 0 spiro atoms. The summed E-state index contributed by atoms with van der Waals surface area (Å²) in [6.45, 7) is 2.10. The summed E-state index contributed by atoms with van der Waals surface area (Å²) in [4.78, 5) is 0. The number of halogens is 2. The monoisotopic (exact) mass is 251 g/mol. The van der Waals surface area contributed by atoms with E-state index in [9.17, 15) is 0 Å². The van der Waals surface area contributed by atoms with Crippen LogP contribution in [0.2, 0.25) is 0 Å². The van der Waals surface area contributed by atoms with Crippen molar-refractivity contribution in [3.63, 3.8) is 0 Å². The van der Waals surface area contributed by atoms with Gasteiger partial charge in [0.05, 0.1) is 5.69 Å². The minimum atomic E-state index is 0.458. The molecule has 0 aliphatic heterocycles. The molecule has 0 aliphatic rings. The smallest absolute Gasteiger partial charge is 0.151 e. The Bertz CT molecular complexity index is 242. The van der Waals surface area contributed by atoms with Gasteiger partial charge in [-0.1, -0.05) is 12.1 Å². The van der Waals surface area contributed by atoms with Crippen LogP contribution in [0.3, 0.4) is 0 Å². The van der Waals surface area contributed by atoms with E-state index in [-0.39, 0.29) is 0 Å². The molecule has 0 radical (unpaired) electrons. The first kappa shape index (κ1) is 9.99. The van der Waals surface area contributed by atoms with E-state index in [1.807, 2.05) is 7.05 Å². The molecule has 1 rings (SSSR count). The fraction of sp³-hybridized carbons (Fsp3) is 0.714. The summed E-state index contributed by atoms with van der Waals surface area (Å²) in [7, 11) is 1.88. The largest absolute Gasteiger partial charge is 0.251 e. The van der Waals surface area contributed by atoms with Gasteiger partial charge in [-0.3, -0.25) is 4.68 Å². The van der Waals surface area contributed by atoms with Gasteiger partial charge in [-0.2, -0.15) is 0 Å². The molecule has 1 heterocycles. The van der Waals surface area contributed by atoms with Crippen LogP contribution in [0.4, 0.5) is 0 Å². The van der Waals surface area contributed by atoms with Crippen LogP contribution in [0.1, 0.15) is 12.6 Å². The second kappa shape index (κ2) is 4.23. The van der Waals surface area contributed by atoms with Crippen LogP contribution in [-0.4, -0.2) is 20.9 Å². The molecule has 1 aromatic rings. The summed E-state index contributed by atoms with van der Waals surface area (Å²) in [5.41, 5.74) is 1.10. The summed E-state index contributed by atoms with van der Waals surface area (Å²) in [5, 5.41) is 7.77. The normalized spacial score (nSPS) is 13.3. The predicted molar refractivity (Wildman–Crippen MR) is 52.3 cm³/mol.